The average molecular weight is 159 g/mol. The molecule has 11 heavy (non-hydrogen) atoms. The van der Waals surface area contributed by atoms with Crippen LogP contribution >= 0.6 is 0 Å². The summed E-state index contributed by atoms with van der Waals surface area (Å²) >= 11 is 0. The van der Waals surface area contributed by atoms with Crippen molar-refractivity contribution in [3.05, 3.63) is 0 Å². The number of hydrogen-bond donors (Lipinski definition) is 1. The molecule has 1 rings (SSSR count). The Hall–Kier alpha value is -0.610. The molecule has 1 aliphatic heterocycles. The van der Waals surface area contributed by atoms with Crippen LogP contribution in [0.3, 0.4) is 0 Å². The summed E-state index contributed by atoms with van der Waals surface area (Å²) in [7, 11) is 0. The molecular weight excluding hydrogens is 146 g/mol. The van der Waals surface area contributed by atoms with Crippen LogP contribution in [0.25, 0.3) is 0 Å². The zero-order chi connectivity index (χ0) is 8.10. The second-order valence-corrected chi connectivity index (χ2v) is 2.51. The van der Waals surface area contributed by atoms with Crippen molar-refractivity contribution in [3.63, 3.8) is 0 Å². The Morgan fingerprint density at radius 3 is 3.09 bits per heavy atom. The average Bonchev–Trinajstić information content (AvgIpc) is 2.40. The predicted molar refractivity (Wildman–Crippen MR) is 39.0 cm³/mol. The first-order valence-electron chi connectivity index (χ1n) is 3.80. The summed E-state index contributed by atoms with van der Waals surface area (Å²) in [6.45, 7) is 1.59. The van der Waals surface area contributed by atoms with Gasteiger partial charge in [0.1, 0.15) is 6.10 Å². The molecule has 1 heterocycles. The molecule has 2 N–H and O–H groups in total. The van der Waals surface area contributed by atoms with Gasteiger partial charge >= 0.3 is 5.97 Å². The molecule has 0 amide bonds. The lowest BCUT2D eigenvalue weighted by Crippen LogP contribution is -2.20. The molecule has 1 aliphatic rings. The van der Waals surface area contributed by atoms with E-state index in [4.69, 9.17) is 15.2 Å². The van der Waals surface area contributed by atoms with Crippen molar-refractivity contribution in [2.24, 2.45) is 5.73 Å². The van der Waals surface area contributed by atoms with Crippen LogP contribution in [0.2, 0.25) is 0 Å². The van der Waals surface area contributed by atoms with Gasteiger partial charge in [0, 0.05) is 13.0 Å². The molecular formula is C7H13NO3. The third kappa shape index (κ3) is 2.86. The lowest BCUT2D eigenvalue weighted by molar-refractivity contribution is -0.148. The minimum atomic E-state index is -0.219. The molecule has 0 aromatic rings. The molecule has 1 atom stereocenters. The van der Waals surface area contributed by atoms with Gasteiger partial charge in [-0.3, -0.25) is 4.79 Å². The molecule has 0 aliphatic carbocycles. The number of carbonyl (C=O) groups excluding carboxylic acids is 1. The topological polar surface area (TPSA) is 61.6 Å². The maximum absolute atomic E-state index is 10.8. The molecule has 1 unspecified atom stereocenters. The van der Waals surface area contributed by atoms with Gasteiger partial charge < -0.3 is 15.2 Å². The van der Waals surface area contributed by atoms with Crippen LogP contribution in [0.5, 0.6) is 0 Å². The van der Waals surface area contributed by atoms with Gasteiger partial charge in [-0.2, -0.15) is 0 Å². The van der Waals surface area contributed by atoms with Crippen LogP contribution in [0, 0.1) is 0 Å². The summed E-state index contributed by atoms with van der Waals surface area (Å²) in [5.41, 5.74) is 5.17. The molecule has 0 radical (unpaired) electrons. The molecule has 64 valence electrons. The van der Waals surface area contributed by atoms with E-state index >= 15 is 0 Å². The standard InChI is InChI=1S/C7H13NO3/c8-3-1-7(9)11-6-2-4-10-5-6/h6H,1-5,8H2. The first-order chi connectivity index (χ1) is 5.33. The Bertz CT molecular complexity index is 132. The van der Waals surface area contributed by atoms with Gasteiger partial charge in [-0.25, -0.2) is 0 Å². The van der Waals surface area contributed by atoms with Crippen molar-refractivity contribution in [2.75, 3.05) is 19.8 Å². The van der Waals surface area contributed by atoms with E-state index in [9.17, 15) is 4.79 Å². The Morgan fingerprint density at radius 1 is 1.73 bits per heavy atom. The van der Waals surface area contributed by atoms with Crippen molar-refractivity contribution < 1.29 is 14.3 Å². The summed E-state index contributed by atoms with van der Waals surface area (Å²) in [5.74, 6) is -0.219. The van der Waals surface area contributed by atoms with Gasteiger partial charge in [-0.15, -0.1) is 0 Å². The second-order valence-electron chi connectivity index (χ2n) is 2.51. The monoisotopic (exact) mass is 159 g/mol. The Morgan fingerprint density at radius 2 is 2.55 bits per heavy atom. The van der Waals surface area contributed by atoms with E-state index in [1.807, 2.05) is 0 Å². The fraction of sp³-hybridized carbons (Fsp3) is 0.857. The largest absolute Gasteiger partial charge is 0.460 e. The first-order valence-corrected chi connectivity index (χ1v) is 3.80. The quantitative estimate of drug-likeness (QED) is 0.573. The number of carbonyl (C=O) groups is 1. The third-order valence-corrected chi connectivity index (χ3v) is 1.53. The highest BCUT2D eigenvalue weighted by atomic mass is 16.6. The van der Waals surface area contributed by atoms with Crippen LogP contribution in [-0.2, 0) is 14.3 Å². The molecule has 0 spiro atoms. The maximum atomic E-state index is 10.8. The van der Waals surface area contributed by atoms with Crippen LogP contribution in [-0.4, -0.2) is 31.8 Å². The van der Waals surface area contributed by atoms with E-state index < -0.39 is 0 Å². The minimum Gasteiger partial charge on any atom is -0.460 e. The highest BCUT2D eigenvalue weighted by Crippen LogP contribution is 2.08. The zero-order valence-electron chi connectivity index (χ0n) is 6.41. The maximum Gasteiger partial charge on any atom is 0.307 e. The molecule has 4 nitrogen and oxygen atoms in total. The van der Waals surface area contributed by atoms with E-state index in [1.165, 1.54) is 0 Å². The summed E-state index contributed by atoms with van der Waals surface area (Å²) in [6, 6.07) is 0. The Labute approximate surface area is 65.7 Å². The fourth-order valence-corrected chi connectivity index (χ4v) is 0.969. The molecule has 0 bridgehead atoms. The molecule has 0 aromatic carbocycles. The van der Waals surface area contributed by atoms with Gasteiger partial charge in [-0.05, 0) is 0 Å². The number of rotatable bonds is 3. The molecule has 0 aromatic heterocycles. The van der Waals surface area contributed by atoms with Crippen molar-refractivity contribution in [3.8, 4) is 0 Å². The van der Waals surface area contributed by atoms with Gasteiger partial charge in [0.05, 0.1) is 19.6 Å². The van der Waals surface area contributed by atoms with Crippen LogP contribution in [0.15, 0.2) is 0 Å². The lowest BCUT2D eigenvalue weighted by Gasteiger charge is -2.08. The number of nitrogens with two attached hydrogens (primary N) is 1. The zero-order valence-corrected chi connectivity index (χ0v) is 6.41. The number of hydrogen-bond acceptors (Lipinski definition) is 4. The lowest BCUT2D eigenvalue weighted by atomic mass is 10.3. The van der Waals surface area contributed by atoms with Gasteiger partial charge in [0.2, 0.25) is 0 Å². The van der Waals surface area contributed by atoms with Crippen LogP contribution < -0.4 is 5.73 Å². The summed E-state index contributed by atoms with van der Waals surface area (Å²) in [5, 5.41) is 0. The Balaban J connectivity index is 2.13. The minimum absolute atomic E-state index is 0.0333. The summed E-state index contributed by atoms with van der Waals surface area (Å²) < 4.78 is 10.0. The molecule has 0 saturated carbocycles. The predicted octanol–water partition coefficient (Wildman–Crippen LogP) is -0.333. The van der Waals surface area contributed by atoms with Crippen molar-refractivity contribution >= 4 is 5.97 Å². The molecule has 1 fully saturated rings. The van der Waals surface area contributed by atoms with Gasteiger partial charge in [0.25, 0.3) is 0 Å². The summed E-state index contributed by atoms with van der Waals surface area (Å²) in [6.07, 6.45) is 1.08. The third-order valence-electron chi connectivity index (χ3n) is 1.53. The van der Waals surface area contributed by atoms with Crippen LogP contribution in [0.1, 0.15) is 12.8 Å². The van der Waals surface area contributed by atoms with E-state index in [-0.39, 0.29) is 12.1 Å². The second kappa shape index (κ2) is 4.31. The van der Waals surface area contributed by atoms with Gasteiger partial charge in [0.15, 0.2) is 0 Å². The fourth-order valence-electron chi connectivity index (χ4n) is 0.969. The summed E-state index contributed by atoms with van der Waals surface area (Å²) in [4.78, 5) is 10.8. The van der Waals surface area contributed by atoms with E-state index in [2.05, 4.69) is 0 Å². The van der Waals surface area contributed by atoms with E-state index in [0.717, 1.165) is 6.42 Å². The number of ether oxygens (including phenoxy) is 2. The first kappa shape index (κ1) is 8.49. The molecule has 4 heteroatoms. The van der Waals surface area contributed by atoms with Gasteiger partial charge in [-0.1, -0.05) is 0 Å². The van der Waals surface area contributed by atoms with E-state index in [1.54, 1.807) is 0 Å². The molecule has 1 saturated heterocycles. The number of esters is 1. The highest BCUT2D eigenvalue weighted by Gasteiger charge is 2.18. The van der Waals surface area contributed by atoms with Crippen LogP contribution in [0.4, 0.5) is 0 Å². The van der Waals surface area contributed by atoms with Crippen molar-refractivity contribution in [1.82, 2.24) is 0 Å². The van der Waals surface area contributed by atoms with E-state index in [0.29, 0.717) is 26.2 Å². The normalized spacial score (nSPS) is 23.5. The smallest absolute Gasteiger partial charge is 0.307 e. The Kier molecular flexibility index (Phi) is 3.32. The van der Waals surface area contributed by atoms with Crippen molar-refractivity contribution in [1.29, 1.82) is 0 Å². The SMILES string of the molecule is NCCC(=O)OC1CCOC1. The van der Waals surface area contributed by atoms with Crippen molar-refractivity contribution in [2.45, 2.75) is 18.9 Å². The highest BCUT2D eigenvalue weighted by molar-refractivity contribution is 5.69.